The highest BCUT2D eigenvalue weighted by Crippen LogP contribution is 1.96. The number of rotatable bonds is 2. The fraction of sp³-hybridized carbons (Fsp3) is 1.00. The molecule has 0 radical (unpaired) electrons. The Hall–Kier alpha value is -0.0800. The Morgan fingerprint density at radius 2 is 1.58 bits per heavy atom. The van der Waals surface area contributed by atoms with Crippen LogP contribution in [0.4, 0.5) is 0 Å². The van der Waals surface area contributed by atoms with E-state index in [9.17, 15) is 0 Å². The van der Waals surface area contributed by atoms with E-state index >= 15 is 0 Å². The lowest BCUT2D eigenvalue weighted by atomic mass is 10.4. The normalized spacial score (nSPS) is 18.2. The molecule has 0 atom stereocenters. The zero-order valence-electron chi connectivity index (χ0n) is 8.81. The van der Waals surface area contributed by atoms with Gasteiger partial charge in [-0.25, -0.2) is 0 Å². The van der Waals surface area contributed by atoms with E-state index in [1.54, 1.807) is 0 Å². The fourth-order valence-corrected chi connectivity index (χ4v) is 1.14. The third-order valence-corrected chi connectivity index (χ3v) is 1.64. The maximum absolute atomic E-state index is 5.20. The van der Waals surface area contributed by atoms with Gasteiger partial charge in [0.05, 0.1) is 13.2 Å². The summed E-state index contributed by atoms with van der Waals surface area (Å²) in [5.74, 6) is 0. The molecule has 0 aromatic rings. The van der Waals surface area contributed by atoms with E-state index in [1.807, 2.05) is 0 Å². The SMILES string of the molecule is CCC.CCCN1CCOCC1. The molecule has 1 aliphatic rings. The van der Waals surface area contributed by atoms with Crippen molar-refractivity contribution in [2.45, 2.75) is 33.6 Å². The van der Waals surface area contributed by atoms with Crippen molar-refractivity contribution < 1.29 is 4.74 Å². The van der Waals surface area contributed by atoms with E-state index in [4.69, 9.17) is 4.74 Å². The predicted molar refractivity (Wildman–Crippen MR) is 53.5 cm³/mol. The van der Waals surface area contributed by atoms with E-state index in [1.165, 1.54) is 19.4 Å². The van der Waals surface area contributed by atoms with Gasteiger partial charge in [0.15, 0.2) is 0 Å². The van der Waals surface area contributed by atoms with Crippen LogP contribution in [0.5, 0.6) is 0 Å². The molecule has 1 saturated heterocycles. The van der Waals surface area contributed by atoms with Crippen molar-refractivity contribution in [1.82, 2.24) is 4.90 Å². The van der Waals surface area contributed by atoms with E-state index in [0.717, 1.165) is 26.3 Å². The summed E-state index contributed by atoms with van der Waals surface area (Å²) in [4.78, 5) is 2.45. The summed E-state index contributed by atoms with van der Waals surface area (Å²) < 4.78 is 5.20. The van der Waals surface area contributed by atoms with Gasteiger partial charge in [-0.15, -0.1) is 0 Å². The van der Waals surface area contributed by atoms with Crippen molar-refractivity contribution in [3.05, 3.63) is 0 Å². The van der Waals surface area contributed by atoms with Gasteiger partial charge in [0.2, 0.25) is 0 Å². The van der Waals surface area contributed by atoms with Crippen LogP contribution in [0.15, 0.2) is 0 Å². The first kappa shape index (κ1) is 11.9. The highest BCUT2D eigenvalue weighted by atomic mass is 16.5. The molecule has 0 N–H and O–H groups in total. The summed E-state index contributed by atoms with van der Waals surface area (Å²) in [6, 6.07) is 0. The number of morpholine rings is 1. The molecule has 0 bridgehead atoms. The highest BCUT2D eigenvalue weighted by molar-refractivity contribution is 4.59. The molecular formula is C10H23NO. The largest absolute Gasteiger partial charge is 0.379 e. The molecule has 1 heterocycles. The molecule has 2 heteroatoms. The average molecular weight is 173 g/mol. The Bertz CT molecular complexity index is 77.2. The molecule has 1 aliphatic heterocycles. The van der Waals surface area contributed by atoms with Crippen LogP contribution in [0.25, 0.3) is 0 Å². The Labute approximate surface area is 76.9 Å². The maximum Gasteiger partial charge on any atom is 0.0594 e. The summed E-state index contributed by atoms with van der Waals surface area (Å²) in [5, 5.41) is 0. The fourth-order valence-electron chi connectivity index (χ4n) is 1.14. The van der Waals surface area contributed by atoms with Crippen molar-refractivity contribution in [3.8, 4) is 0 Å². The molecule has 0 spiro atoms. The van der Waals surface area contributed by atoms with Gasteiger partial charge < -0.3 is 4.74 Å². The zero-order valence-corrected chi connectivity index (χ0v) is 8.81. The van der Waals surface area contributed by atoms with Crippen LogP contribution in [-0.4, -0.2) is 37.7 Å². The molecule has 1 fully saturated rings. The van der Waals surface area contributed by atoms with Gasteiger partial charge >= 0.3 is 0 Å². The molecule has 0 saturated carbocycles. The summed E-state index contributed by atoms with van der Waals surface area (Å²) in [6.07, 6.45) is 2.51. The Kier molecular flexibility index (Phi) is 8.95. The second kappa shape index (κ2) is 9.01. The van der Waals surface area contributed by atoms with Gasteiger partial charge in [0.25, 0.3) is 0 Å². The number of ether oxygens (including phenoxy) is 1. The quantitative estimate of drug-likeness (QED) is 0.634. The van der Waals surface area contributed by atoms with Crippen LogP contribution in [0, 0.1) is 0 Å². The Morgan fingerprint density at radius 3 is 2.00 bits per heavy atom. The van der Waals surface area contributed by atoms with E-state index in [-0.39, 0.29) is 0 Å². The van der Waals surface area contributed by atoms with Crippen LogP contribution in [0.3, 0.4) is 0 Å². The summed E-state index contributed by atoms with van der Waals surface area (Å²) in [5.41, 5.74) is 0. The minimum absolute atomic E-state index is 0.931. The molecule has 0 aromatic heterocycles. The van der Waals surface area contributed by atoms with Crippen molar-refractivity contribution in [3.63, 3.8) is 0 Å². The lowest BCUT2D eigenvalue weighted by Crippen LogP contribution is -2.36. The smallest absolute Gasteiger partial charge is 0.0594 e. The first-order chi connectivity index (χ1) is 5.85. The number of nitrogens with zero attached hydrogens (tertiary/aromatic N) is 1. The Balaban J connectivity index is 0.000000354. The van der Waals surface area contributed by atoms with Crippen LogP contribution in [-0.2, 0) is 4.74 Å². The predicted octanol–water partition coefficient (Wildman–Crippen LogP) is 2.14. The summed E-state index contributed by atoms with van der Waals surface area (Å²) in [6.45, 7) is 11.8. The van der Waals surface area contributed by atoms with E-state index in [2.05, 4.69) is 25.7 Å². The molecule has 0 aromatic carbocycles. The highest BCUT2D eigenvalue weighted by Gasteiger charge is 2.07. The summed E-state index contributed by atoms with van der Waals surface area (Å²) >= 11 is 0. The lowest BCUT2D eigenvalue weighted by molar-refractivity contribution is 0.0380. The van der Waals surface area contributed by atoms with Crippen LogP contribution in [0.2, 0.25) is 0 Å². The topological polar surface area (TPSA) is 12.5 Å². The first-order valence-corrected chi connectivity index (χ1v) is 5.15. The van der Waals surface area contributed by atoms with Gasteiger partial charge in [0, 0.05) is 13.1 Å². The van der Waals surface area contributed by atoms with Crippen molar-refractivity contribution >= 4 is 0 Å². The van der Waals surface area contributed by atoms with Gasteiger partial charge in [-0.3, -0.25) is 4.90 Å². The van der Waals surface area contributed by atoms with Gasteiger partial charge in [0.1, 0.15) is 0 Å². The molecule has 0 aliphatic carbocycles. The minimum Gasteiger partial charge on any atom is -0.379 e. The summed E-state index contributed by atoms with van der Waals surface area (Å²) in [7, 11) is 0. The van der Waals surface area contributed by atoms with Gasteiger partial charge in [-0.05, 0) is 13.0 Å². The molecule has 12 heavy (non-hydrogen) atoms. The lowest BCUT2D eigenvalue weighted by Gasteiger charge is -2.25. The monoisotopic (exact) mass is 173 g/mol. The van der Waals surface area contributed by atoms with Gasteiger partial charge in [-0.2, -0.15) is 0 Å². The molecule has 74 valence electrons. The minimum atomic E-state index is 0.931. The maximum atomic E-state index is 5.20. The third-order valence-electron chi connectivity index (χ3n) is 1.64. The molecule has 0 amide bonds. The molecule has 1 rings (SSSR count). The average Bonchev–Trinajstić information content (AvgIpc) is 2.08. The Morgan fingerprint density at radius 1 is 1.08 bits per heavy atom. The van der Waals surface area contributed by atoms with E-state index < -0.39 is 0 Å². The number of hydrogen-bond donors (Lipinski definition) is 0. The second-order valence-corrected chi connectivity index (χ2v) is 3.16. The third kappa shape index (κ3) is 6.62. The van der Waals surface area contributed by atoms with Crippen molar-refractivity contribution in [2.75, 3.05) is 32.8 Å². The molecule has 2 nitrogen and oxygen atoms in total. The van der Waals surface area contributed by atoms with Crippen LogP contribution in [0.1, 0.15) is 33.6 Å². The standard InChI is InChI=1S/C7H15NO.C3H8/c1-2-3-8-4-6-9-7-5-8;1-3-2/h2-7H2,1H3;3H2,1-2H3. The van der Waals surface area contributed by atoms with Crippen LogP contribution < -0.4 is 0 Å². The number of hydrogen-bond acceptors (Lipinski definition) is 2. The molecule has 0 unspecified atom stereocenters. The first-order valence-electron chi connectivity index (χ1n) is 5.15. The van der Waals surface area contributed by atoms with Crippen molar-refractivity contribution in [1.29, 1.82) is 0 Å². The van der Waals surface area contributed by atoms with Crippen molar-refractivity contribution in [2.24, 2.45) is 0 Å². The molecular weight excluding hydrogens is 150 g/mol. The van der Waals surface area contributed by atoms with Crippen LogP contribution >= 0.6 is 0 Å². The van der Waals surface area contributed by atoms with E-state index in [0.29, 0.717) is 0 Å². The zero-order chi connectivity index (χ0) is 9.23. The second-order valence-electron chi connectivity index (χ2n) is 3.16. The van der Waals surface area contributed by atoms with Gasteiger partial charge in [-0.1, -0.05) is 27.2 Å².